The molecule has 154 valence electrons. The van der Waals surface area contributed by atoms with Crippen LogP contribution in [-0.4, -0.2) is 40.1 Å². The number of amides is 1. The summed E-state index contributed by atoms with van der Waals surface area (Å²) in [6.07, 6.45) is 9.22. The number of carbonyl (C=O) groups is 1. The lowest BCUT2D eigenvalue weighted by molar-refractivity contribution is 0.0676. The van der Waals surface area contributed by atoms with Crippen molar-refractivity contribution in [3.63, 3.8) is 0 Å². The standard InChI is InChI=1S/C24H25N3O3/c28-24(21-5-1-6-22(14-21)30-18-23-7-3-13-29-23)27(16-19-8-11-25-12-9-19)17-20-4-2-10-26-15-20/h1-2,4-6,8-12,14-15,23H,3,7,13,16-18H2. The van der Waals surface area contributed by atoms with Crippen molar-refractivity contribution in [2.45, 2.75) is 32.0 Å². The molecule has 6 heteroatoms. The molecule has 1 unspecified atom stereocenters. The number of rotatable bonds is 8. The molecule has 1 aliphatic rings. The molecule has 3 heterocycles. The van der Waals surface area contributed by atoms with Crippen LogP contribution in [0.4, 0.5) is 0 Å². The van der Waals surface area contributed by atoms with Crippen molar-refractivity contribution in [1.29, 1.82) is 0 Å². The van der Waals surface area contributed by atoms with Gasteiger partial charge in [-0.15, -0.1) is 0 Å². The van der Waals surface area contributed by atoms with Gasteiger partial charge in [-0.1, -0.05) is 12.1 Å². The van der Waals surface area contributed by atoms with Crippen LogP contribution >= 0.6 is 0 Å². The van der Waals surface area contributed by atoms with E-state index in [9.17, 15) is 4.79 Å². The van der Waals surface area contributed by atoms with Gasteiger partial charge in [-0.2, -0.15) is 0 Å². The van der Waals surface area contributed by atoms with E-state index in [4.69, 9.17) is 9.47 Å². The molecule has 0 bridgehead atoms. The third-order valence-electron chi connectivity index (χ3n) is 5.05. The van der Waals surface area contributed by atoms with Crippen molar-refractivity contribution in [2.75, 3.05) is 13.2 Å². The Labute approximate surface area is 176 Å². The van der Waals surface area contributed by atoms with Gasteiger partial charge in [0.05, 0.1) is 6.10 Å². The lowest BCUT2D eigenvalue weighted by Gasteiger charge is -2.23. The molecule has 0 saturated carbocycles. The highest BCUT2D eigenvalue weighted by Gasteiger charge is 2.19. The largest absolute Gasteiger partial charge is 0.491 e. The van der Waals surface area contributed by atoms with Gasteiger partial charge in [0.15, 0.2) is 0 Å². The summed E-state index contributed by atoms with van der Waals surface area (Å²) < 4.78 is 11.5. The molecule has 1 aliphatic heterocycles. The summed E-state index contributed by atoms with van der Waals surface area (Å²) in [4.78, 5) is 23.4. The lowest BCUT2D eigenvalue weighted by atomic mass is 10.1. The fourth-order valence-corrected chi connectivity index (χ4v) is 3.49. The first kappa shape index (κ1) is 20.0. The van der Waals surface area contributed by atoms with Gasteiger partial charge in [-0.05, 0) is 60.4 Å². The Morgan fingerprint density at radius 1 is 1.03 bits per heavy atom. The van der Waals surface area contributed by atoms with Gasteiger partial charge in [0.2, 0.25) is 0 Å². The van der Waals surface area contributed by atoms with Crippen LogP contribution in [0.1, 0.15) is 34.3 Å². The predicted molar refractivity (Wildman–Crippen MR) is 113 cm³/mol. The number of ether oxygens (including phenoxy) is 2. The summed E-state index contributed by atoms with van der Waals surface area (Å²) in [6.45, 7) is 2.26. The fraction of sp³-hybridized carbons (Fsp3) is 0.292. The van der Waals surface area contributed by atoms with Crippen molar-refractivity contribution < 1.29 is 14.3 Å². The van der Waals surface area contributed by atoms with Crippen LogP contribution in [-0.2, 0) is 17.8 Å². The fourth-order valence-electron chi connectivity index (χ4n) is 3.49. The zero-order chi connectivity index (χ0) is 20.6. The Morgan fingerprint density at radius 2 is 1.90 bits per heavy atom. The molecule has 1 fully saturated rings. The molecular weight excluding hydrogens is 378 g/mol. The number of aromatic nitrogens is 2. The maximum absolute atomic E-state index is 13.4. The van der Waals surface area contributed by atoms with Gasteiger partial charge >= 0.3 is 0 Å². The number of pyridine rings is 2. The monoisotopic (exact) mass is 403 g/mol. The minimum atomic E-state index is -0.0572. The highest BCUT2D eigenvalue weighted by atomic mass is 16.5. The molecule has 0 N–H and O–H groups in total. The molecule has 1 amide bonds. The summed E-state index contributed by atoms with van der Waals surface area (Å²) in [5.41, 5.74) is 2.59. The Balaban J connectivity index is 1.50. The molecular formula is C24H25N3O3. The Bertz CT molecular complexity index is 903. The van der Waals surface area contributed by atoms with E-state index in [1.54, 1.807) is 30.9 Å². The van der Waals surface area contributed by atoms with Crippen LogP contribution in [0, 0.1) is 0 Å². The number of carbonyl (C=O) groups excluding carboxylic acids is 1. The zero-order valence-corrected chi connectivity index (χ0v) is 16.8. The van der Waals surface area contributed by atoms with Crippen molar-refractivity contribution in [2.24, 2.45) is 0 Å². The van der Waals surface area contributed by atoms with Crippen LogP contribution < -0.4 is 4.74 Å². The molecule has 2 aromatic heterocycles. The average molecular weight is 403 g/mol. The molecule has 0 spiro atoms. The molecule has 6 nitrogen and oxygen atoms in total. The smallest absolute Gasteiger partial charge is 0.254 e. The minimum absolute atomic E-state index is 0.0572. The lowest BCUT2D eigenvalue weighted by Crippen LogP contribution is -2.30. The topological polar surface area (TPSA) is 64.6 Å². The number of hydrogen-bond acceptors (Lipinski definition) is 5. The van der Waals surface area contributed by atoms with Gasteiger partial charge in [0, 0.05) is 50.0 Å². The number of hydrogen-bond donors (Lipinski definition) is 0. The van der Waals surface area contributed by atoms with E-state index in [2.05, 4.69) is 9.97 Å². The van der Waals surface area contributed by atoms with Crippen LogP contribution in [0.3, 0.4) is 0 Å². The van der Waals surface area contributed by atoms with Gasteiger partial charge in [-0.25, -0.2) is 0 Å². The summed E-state index contributed by atoms with van der Waals surface area (Å²) >= 11 is 0. The van der Waals surface area contributed by atoms with Gasteiger partial charge < -0.3 is 14.4 Å². The molecule has 1 saturated heterocycles. The SMILES string of the molecule is O=C(c1cccc(OCC2CCCO2)c1)N(Cc1ccncc1)Cc1cccnc1. The first-order valence-corrected chi connectivity index (χ1v) is 10.2. The Morgan fingerprint density at radius 3 is 2.67 bits per heavy atom. The molecule has 3 aromatic rings. The molecule has 1 aromatic carbocycles. The van der Waals surface area contributed by atoms with Gasteiger partial charge in [0.1, 0.15) is 12.4 Å². The Kier molecular flexibility index (Phi) is 6.67. The highest BCUT2D eigenvalue weighted by molar-refractivity contribution is 5.94. The maximum Gasteiger partial charge on any atom is 0.254 e. The molecule has 4 rings (SSSR count). The van der Waals surface area contributed by atoms with Gasteiger partial charge in [0.25, 0.3) is 5.91 Å². The Hall–Kier alpha value is -3.25. The van der Waals surface area contributed by atoms with E-state index in [0.29, 0.717) is 31.0 Å². The minimum Gasteiger partial charge on any atom is -0.491 e. The quantitative estimate of drug-likeness (QED) is 0.571. The third-order valence-corrected chi connectivity index (χ3v) is 5.05. The molecule has 1 atom stereocenters. The summed E-state index contributed by atoms with van der Waals surface area (Å²) in [6, 6.07) is 15.1. The van der Waals surface area contributed by atoms with Crippen molar-refractivity contribution in [3.05, 3.63) is 90.0 Å². The average Bonchev–Trinajstić information content (AvgIpc) is 3.32. The summed E-state index contributed by atoms with van der Waals surface area (Å²) in [5.74, 6) is 0.625. The van der Waals surface area contributed by atoms with Crippen LogP contribution in [0.2, 0.25) is 0 Å². The second-order valence-corrected chi connectivity index (χ2v) is 7.35. The summed E-state index contributed by atoms with van der Waals surface area (Å²) in [5, 5.41) is 0. The number of benzene rings is 1. The molecule has 0 radical (unpaired) electrons. The summed E-state index contributed by atoms with van der Waals surface area (Å²) in [7, 11) is 0. The molecule has 30 heavy (non-hydrogen) atoms. The first-order chi connectivity index (χ1) is 14.8. The second-order valence-electron chi connectivity index (χ2n) is 7.35. The van der Waals surface area contributed by atoms with E-state index < -0.39 is 0 Å². The van der Waals surface area contributed by atoms with Crippen molar-refractivity contribution in [3.8, 4) is 5.75 Å². The van der Waals surface area contributed by atoms with Crippen LogP contribution in [0.15, 0.2) is 73.3 Å². The van der Waals surface area contributed by atoms with Crippen LogP contribution in [0.5, 0.6) is 5.75 Å². The predicted octanol–water partition coefficient (Wildman–Crippen LogP) is 3.88. The highest BCUT2D eigenvalue weighted by Crippen LogP contribution is 2.20. The molecule has 0 aliphatic carbocycles. The van der Waals surface area contributed by atoms with Crippen molar-refractivity contribution >= 4 is 5.91 Å². The normalized spacial score (nSPS) is 15.7. The van der Waals surface area contributed by atoms with E-state index in [0.717, 1.165) is 30.6 Å². The van der Waals surface area contributed by atoms with E-state index >= 15 is 0 Å². The number of nitrogens with zero attached hydrogens (tertiary/aromatic N) is 3. The van der Waals surface area contributed by atoms with E-state index in [-0.39, 0.29) is 12.0 Å². The van der Waals surface area contributed by atoms with E-state index in [1.165, 1.54) is 0 Å². The second kappa shape index (κ2) is 9.98. The van der Waals surface area contributed by atoms with Gasteiger partial charge in [-0.3, -0.25) is 14.8 Å². The van der Waals surface area contributed by atoms with Crippen LogP contribution in [0.25, 0.3) is 0 Å². The van der Waals surface area contributed by atoms with E-state index in [1.807, 2.05) is 47.4 Å². The maximum atomic E-state index is 13.4. The van der Waals surface area contributed by atoms with Crippen molar-refractivity contribution in [1.82, 2.24) is 14.9 Å². The first-order valence-electron chi connectivity index (χ1n) is 10.2. The third kappa shape index (κ3) is 5.42. The zero-order valence-electron chi connectivity index (χ0n) is 16.8.